The van der Waals surface area contributed by atoms with Crippen LogP contribution in [0.3, 0.4) is 0 Å². The Morgan fingerprint density at radius 1 is 1.57 bits per heavy atom. The standard InChI is InChI=1S/C9H14N2O3/c1-9(2,3)6-4-7(12)11(10-6)5-8(13)14/h4-5H2,1-3H3,(H,13,14). The summed E-state index contributed by atoms with van der Waals surface area (Å²) in [7, 11) is 0. The van der Waals surface area contributed by atoms with E-state index in [-0.39, 0.29) is 24.3 Å². The van der Waals surface area contributed by atoms with Gasteiger partial charge in [0.15, 0.2) is 0 Å². The monoisotopic (exact) mass is 198 g/mol. The molecular formula is C9H14N2O3. The molecule has 0 aromatic rings. The van der Waals surface area contributed by atoms with Crippen LogP contribution < -0.4 is 0 Å². The molecule has 0 aromatic heterocycles. The maximum absolute atomic E-state index is 11.3. The normalized spacial score (nSPS) is 17.2. The number of aliphatic carboxylic acids is 1. The first-order valence-electron chi connectivity index (χ1n) is 4.41. The zero-order valence-corrected chi connectivity index (χ0v) is 8.57. The quantitative estimate of drug-likeness (QED) is 0.710. The Morgan fingerprint density at radius 2 is 2.14 bits per heavy atom. The van der Waals surface area contributed by atoms with E-state index in [0.29, 0.717) is 0 Å². The van der Waals surface area contributed by atoms with Gasteiger partial charge in [-0.1, -0.05) is 20.8 Å². The largest absolute Gasteiger partial charge is 0.480 e. The lowest BCUT2D eigenvalue weighted by Crippen LogP contribution is -2.27. The minimum atomic E-state index is -1.04. The van der Waals surface area contributed by atoms with Crippen molar-refractivity contribution in [3.05, 3.63) is 0 Å². The van der Waals surface area contributed by atoms with Crippen molar-refractivity contribution in [3.63, 3.8) is 0 Å². The molecule has 0 bridgehead atoms. The van der Waals surface area contributed by atoms with Crippen molar-refractivity contribution in [1.82, 2.24) is 5.01 Å². The van der Waals surface area contributed by atoms with Crippen molar-refractivity contribution in [2.45, 2.75) is 27.2 Å². The van der Waals surface area contributed by atoms with E-state index < -0.39 is 5.97 Å². The van der Waals surface area contributed by atoms with Gasteiger partial charge in [0.05, 0.1) is 12.1 Å². The Balaban J connectivity index is 2.77. The summed E-state index contributed by atoms with van der Waals surface area (Å²) in [5.41, 5.74) is 0.562. The highest BCUT2D eigenvalue weighted by atomic mass is 16.4. The van der Waals surface area contributed by atoms with Gasteiger partial charge in [-0.15, -0.1) is 0 Å². The molecule has 0 atom stereocenters. The first-order chi connectivity index (χ1) is 6.30. The molecule has 1 rings (SSSR count). The minimum absolute atomic E-state index is 0.178. The average Bonchev–Trinajstić information content (AvgIpc) is 2.30. The molecule has 78 valence electrons. The Bertz CT molecular complexity index is 302. The molecule has 0 saturated carbocycles. The highest BCUT2D eigenvalue weighted by Crippen LogP contribution is 2.23. The number of carboxylic acids is 1. The molecular weight excluding hydrogens is 184 g/mol. The Kier molecular flexibility index (Phi) is 2.59. The first kappa shape index (κ1) is 10.7. The average molecular weight is 198 g/mol. The number of carbonyl (C=O) groups excluding carboxylic acids is 1. The van der Waals surface area contributed by atoms with Gasteiger partial charge < -0.3 is 5.11 Å². The number of carbonyl (C=O) groups is 2. The number of carboxylic acid groups (broad SMARTS) is 1. The second-order valence-electron chi connectivity index (χ2n) is 4.32. The van der Waals surface area contributed by atoms with E-state index in [4.69, 9.17) is 5.11 Å². The lowest BCUT2D eigenvalue weighted by molar-refractivity contribution is -0.143. The zero-order valence-electron chi connectivity index (χ0n) is 8.57. The van der Waals surface area contributed by atoms with E-state index in [1.165, 1.54) is 0 Å². The molecule has 1 aliphatic heterocycles. The topological polar surface area (TPSA) is 70.0 Å². The van der Waals surface area contributed by atoms with Crippen molar-refractivity contribution in [2.24, 2.45) is 10.5 Å². The van der Waals surface area contributed by atoms with Gasteiger partial charge in [0, 0.05) is 5.41 Å². The van der Waals surface area contributed by atoms with Gasteiger partial charge in [-0.2, -0.15) is 5.10 Å². The fourth-order valence-corrected chi connectivity index (χ4v) is 1.14. The molecule has 5 nitrogen and oxygen atoms in total. The van der Waals surface area contributed by atoms with E-state index in [9.17, 15) is 9.59 Å². The van der Waals surface area contributed by atoms with Crippen LogP contribution in [0.25, 0.3) is 0 Å². The zero-order chi connectivity index (χ0) is 10.9. The maximum Gasteiger partial charge on any atom is 0.325 e. The van der Waals surface area contributed by atoms with Gasteiger partial charge in [0.25, 0.3) is 0 Å². The summed E-state index contributed by atoms with van der Waals surface area (Å²) in [6, 6.07) is 0. The molecule has 1 N–H and O–H groups in total. The molecule has 0 aromatic carbocycles. The number of hydrogen-bond donors (Lipinski definition) is 1. The summed E-state index contributed by atoms with van der Waals surface area (Å²) in [5.74, 6) is -1.28. The van der Waals surface area contributed by atoms with E-state index in [1.807, 2.05) is 20.8 Å². The predicted octanol–water partition coefficient (Wildman–Crippen LogP) is 0.705. The summed E-state index contributed by atoms with van der Waals surface area (Å²) in [4.78, 5) is 21.7. The highest BCUT2D eigenvalue weighted by molar-refractivity contribution is 6.07. The van der Waals surface area contributed by atoms with Crippen LogP contribution in [-0.4, -0.2) is 34.2 Å². The van der Waals surface area contributed by atoms with Crippen molar-refractivity contribution in [2.75, 3.05) is 6.54 Å². The van der Waals surface area contributed by atoms with Gasteiger partial charge in [-0.05, 0) is 0 Å². The molecule has 14 heavy (non-hydrogen) atoms. The number of hydrazone groups is 1. The molecule has 0 spiro atoms. The van der Waals surface area contributed by atoms with Crippen LogP contribution in [0.1, 0.15) is 27.2 Å². The SMILES string of the molecule is CC(C)(C)C1=NN(CC(=O)O)C(=O)C1. The van der Waals surface area contributed by atoms with E-state index >= 15 is 0 Å². The number of nitrogens with zero attached hydrogens (tertiary/aromatic N) is 2. The van der Waals surface area contributed by atoms with Crippen LogP contribution in [0.15, 0.2) is 5.10 Å². The fourth-order valence-electron chi connectivity index (χ4n) is 1.14. The molecule has 0 radical (unpaired) electrons. The Hall–Kier alpha value is -1.39. The molecule has 1 heterocycles. The van der Waals surface area contributed by atoms with E-state index in [0.717, 1.165) is 10.7 Å². The highest BCUT2D eigenvalue weighted by Gasteiger charge is 2.31. The van der Waals surface area contributed by atoms with E-state index in [2.05, 4.69) is 5.10 Å². The second-order valence-corrected chi connectivity index (χ2v) is 4.32. The van der Waals surface area contributed by atoms with Crippen LogP contribution in [0, 0.1) is 5.41 Å². The maximum atomic E-state index is 11.3. The van der Waals surface area contributed by atoms with Gasteiger partial charge >= 0.3 is 5.97 Å². The molecule has 0 unspecified atom stereocenters. The lowest BCUT2D eigenvalue weighted by Gasteiger charge is -2.16. The lowest BCUT2D eigenvalue weighted by atomic mass is 9.88. The molecule has 1 aliphatic rings. The van der Waals surface area contributed by atoms with Gasteiger partial charge in [-0.25, -0.2) is 5.01 Å². The molecule has 5 heteroatoms. The number of hydrogen-bond acceptors (Lipinski definition) is 3. The summed E-state index contributed by atoms with van der Waals surface area (Å²) in [6.45, 7) is 5.49. The van der Waals surface area contributed by atoms with Crippen molar-refractivity contribution >= 4 is 17.6 Å². The van der Waals surface area contributed by atoms with Crippen molar-refractivity contribution in [3.8, 4) is 0 Å². The first-order valence-corrected chi connectivity index (χ1v) is 4.41. The molecule has 1 amide bonds. The number of amides is 1. The van der Waals surface area contributed by atoms with Gasteiger partial charge in [0.1, 0.15) is 6.54 Å². The third kappa shape index (κ3) is 2.31. The third-order valence-corrected chi connectivity index (χ3v) is 2.00. The van der Waals surface area contributed by atoms with Crippen molar-refractivity contribution in [1.29, 1.82) is 0 Å². The molecule has 0 fully saturated rings. The van der Waals surface area contributed by atoms with Crippen LogP contribution in [0.5, 0.6) is 0 Å². The second kappa shape index (κ2) is 3.40. The Morgan fingerprint density at radius 3 is 2.50 bits per heavy atom. The van der Waals surface area contributed by atoms with E-state index in [1.54, 1.807) is 0 Å². The summed E-state index contributed by atoms with van der Waals surface area (Å²) in [5, 5.41) is 13.5. The summed E-state index contributed by atoms with van der Waals surface area (Å²) in [6.07, 6.45) is 0.233. The van der Waals surface area contributed by atoms with Crippen molar-refractivity contribution < 1.29 is 14.7 Å². The van der Waals surface area contributed by atoms with Crippen LogP contribution in [0.4, 0.5) is 0 Å². The Labute approximate surface area is 82.4 Å². The summed E-state index contributed by atoms with van der Waals surface area (Å²) >= 11 is 0. The molecule has 0 aliphatic carbocycles. The van der Waals surface area contributed by atoms with Gasteiger partial charge in [-0.3, -0.25) is 9.59 Å². The minimum Gasteiger partial charge on any atom is -0.480 e. The predicted molar refractivity (Wildman–Crippen MR) is 50.9 cm³/mol. The fraction of sp³-hybridized carbons (Fsp3) is 0.667. The number of rotatable bonds is 2. The van der Waals surface area contributed by atoms with Crippen LogP contribution >= 0.6 is 0 Å². The van der Waals surface area contributed by atoms with Crippen LogP contribution in [0.2, 0.25) is 0 Å². The smallest absolute Gasteiger partial charge is 0.325 e. The summed E-state index contributed by atoms with van der Waals surface area (Å²) < 4.78 is 0. The molecule has 0 saturated heterocycles. The third-order valence-electron chi connectivity index (χ3n) is 2.00. The van der Waals surface area contributed by atoms with Crippen LogP contribution in [-0.2, 0) is 9.59 Å². The van der Waals surface area contributed by atoms with Gasteiger partial charge in [0.2, 0.25) is 5.91 Å².